The lowest BCUT2D eigenvalue weighted by molar-refractivity contribution is -0.129. The molecule has 1 aliphatic heterocycles. The van der Waals surface area contributed by atoms with Crippen LogP contribution >= 0.6 is 11.3 Å². The van der Waals surface area contributed by atoms with E-state index in [4.69, 9.17) is 14.2 Å². The Morgan fingerprint density at radius 3 is 2.86 bits per heavy atom. The number of carbonyl (C=O) groups is 1. The molecule has 154 valence electrons. The Balaban J connectivity index is 1.38. The third-order valence-corrected chi connectivity index (χ3v) is 6.07. The minimum absolute atomic E-state index is 0.00269. The fourth-order valence-corrected chi connectivity index (χ4v) is 4.52. The van der Waals surface area contributed by atoms with Crippen LogP contribution in [0.4, 0.5) is 0 Å². The Hall–Kier alpha value is -2.29. The Morgan fingerprint density at radius 1 is 1.28 bits per heavy atom. The molecule has 0 saturated carbocycles. The van der Waals surface area contributed by atoms with Crippen LogP contribution in [0.15, 0.2) is 22.0 Å². The zero-order chi connectivity index (χ0) is 20.4. The number of hydrogen-bond donors (Lipinski definition) is 0. The van der Waals surface area contributed by atoms with Crippen molar-refractivity contribution in [2.45, 2.75) is 33.4 Å². The first-order valence-electron chi connectivity index (χ1n) is 9.82. The van der Waals surface area contributed by atoms with Gasteiger partial charge in [0, 0.05) is 30.9 Å². The highest BCUT2D eigenvalue weighted by Crippen LogP contribution is 2.25. The second-order valence-electron chi connectivity index (χ2n) is 7.63. The highest BCUT2D eigenvalue weighted by molar-refractivity contribution is 7.09. The van der Waals surface area contributed by atoms with Crippen LogP contribution in [0, 0.1) is 13.8 Å². The molecule has 1 saturated heterocycles. The van der Waals surface area contributed by atoms with E-state index < -0.39 is 0 Å². The predicted molar refractivity (Wildman–Crippen MR) is 112 cm³/mol. The van der Waals surface area contributed by atoms with Gasteiger partial charge in [0.05, 0.1) is 38.4 Å². The first-order valence-corrected chi connectivity index (χ1v) is 10.7. The molecule has 0 spiro atoms. The van der Waals surface area contributed by atoms with Crippen LogP contribution in [0.3, 0.4) is 0 Å². The number of aryl methyl sites for hydroxylation is 2. The summed E-state index contributed by atoms with van der Waals surface area (Å²) < 4.78 is 10.8. The van der Waals surface area contributed by atoms with Gasteiger partial charge in [-0.05, 0) is 31.0 Å². The number of thiazole rings is 1. The van der Waals surface area contributed by atoms with Crippen molar-refractivity contribution in [2.24, 2.45) is 0 Å². The summed E-state index contributed by atoms with van der Waals surface area (Å²) >= 11 is 1.65. The van der Waals surface area contributed by atoms with E-state index in [1.54, 1.807) is 16.2 Å². The molecule has 1 fully saturated rings. The van der Waals surface area contributed by atoms with E-state index in [-0.39, 0.29) is 12.3 Å². The molecule has 7 nitrogen and oxygen atoms in total. The van der Waals surface area contributed by atoms with E-state index in [0.717, 1.165) is 65.6 Å². The predicted octanol–water partition coefficient (Wildman–Crippen LogP) is 2.93. The lowest BCUT2D eigenvalue weighted by Crippen LogP contribution is -2.35. The summed E-state index contributed by atoms with van der Waals surface area (Å²) in [5.74, 6) is 0.00269. The quantitative estimate of drug-likeness (QED) is 0.618. The van der Waals surface area contributed by atoms with Gasteiger partial charge in [-0.25, -0.2) is 4.98 Å². The molecule has 0 aliphatic carbocycles. The van der Waals surface area contributed by atoms with E-state index in [1.165, 1.54) is 0 Å². The maximum absolute atomic E-state index is 12.8. The van der Waals surface area contributed by atoms with Crippen molar-refractivity contribution in [1.29, 1.82) is 0 Å². The minimum atomic E-state index is 0.00269. The van der Waals surface area contributed by atoms with Crippen LogP contribution in [-0.2, 0) is 29.0 Å². The molecule has 29 heavy (non-hydrogen) atoms. The molecule has 1 amide bonds. The zero-order valence-corrected chi connectivity index (χ0v) is 17.9. The summed E-state index contributed by atoms with van der Waals surface area (Å²) in [4.78, 5) is 21.5. The number of fused-ring (bicyclic) bond motifs is 1. The molecule has 4 rings (SSSR count). The molecule has 0 bridgehead atoms. The Morgan fingerprint density at radius 2 is 2.07 bits per heavy atom. The van der Waals surface area contributed by atoms with E-state index in [0.29, 0.717) is 12.2 Å². The number of carbonyl (C=O) groups excluding carboxylic acids is 1. The van der Waals surface area contributed by atoms with E-state index >= 15 is 0 Å². The summed E-state index contributed by atoms with van der Waals surface area (Å²) in [6, 6.07) is 4.04. The van der Waals surface area contributed by atoms with Crippen LogP contribution in [0.5, 0.6) is 0 Å². The van der Waals surface area contributed by atoms with E-state index in [2.05, 4.69) is 16.1 Å². The second-order valence-corrected chi connectivity index (χ2v) is 8.57. The first-order chi connectivity index (χ1) is 14.0. The third-order valence-electron chi connectivity index (χ3n) is 5.19. The lowest BCUT2D eigenvalue weighted by atomic mass is 10.0. The van der Waals surface area contributed by atoms with Crippen molar-refractivity contribution in [2.75, 3.05) is 33.4 Å². The molecule has 0 unspecified atom stereocenters. The molecule has 1 aliphatic rings. The molecule has 0 N–H and O–H groups in total. The number of nitrogens with zero attached hydrogens (tertiary/aromatic N) is 4. The van der Waals surface area contributed by atoms with Gasteiger partial charge < -0.3 is 14.2 Å². The Bertz CT molecular complexity index is 1010. The largest absolute Gasteiger partial charge is 0.379 e. The average molecular weight is 415 g/mol. The van der Waals surface area contributed by atoms with Gasteiger partial charge in [-0.15, -0.1) is 11.3 Å². The van der Waals surface area contributed by atoms with Crippen molar-refractivity contribution >= 4 is 28.2 Å². The van der Waals surface area contributed by atoms with Gasteiger partial charge in [-0.2, -0.15) is 0 Å². The van der Waals surface area contributed by atoms with Crippen molar-refractivity contribution in [1.82, 2.24) is 19.9 Å². The number of amides is 1. The maximum atomic E-state index is 12.8. The van der Waals surface area contributed by atoms with Gasteiger partial charge in [0.25, 0.3) is 0 Å². The molecular formula is C21H26N4O3S. The van der Waals surface area contributed by atoms with Crippen LogP contribution in [0.25, 0.3) is 11.0 Å². The smallest absolute Gasteiger partial charge is 0.228 e. The van der Waals surface area contributed by atoms with Crippen LogP contribution in [0.2, 0.25) is 0 Å². The fourth-order valence-electron chi connectivity index (χ4n) is 3.70. The standard InChI is InChI=1S/C21H26N4O3S/c1-14-8-15(2)21-17(23-28-18(21)9-14)10-20(26)24(3)11-16-13-29-19(22-16)12-25-4-6-27-7-5-25/h8-9,13H,4-7,10-12H2,1-3H3. The second kappa shape index (κ2) is 8.61. The summed E-state index contributed by atoms with van der Waals surface area (Å²) in [6.07, 6.45) is 0.220. The molecule has 0 atom stereocenters. The molecule has 3 aromatic rings. The average Bonchev–Trinajstić information content (AvgIpc) is 3.29. The monoisotopic (exact) mass is 414 g/mol. The number of aromatic nitrogens is 2. The molecule has 8 heteroatoms. The molecule has 1 aromatic carbocycles. The molecular weight excluding hydrogens is 388 g/mol. The van der Waals surface area contributed by atoms with Gasteiger partial charge in [0.1, 0.15) is 10.7 Å². The molecule has 3 heterocycles. The topological polar surface area (TPSA) is 71.7 Å². The number of likely N-dealkylation sites (N-methyl/N-ethyl adjacent to an activating group) is 1. The SMILES string of the molecule is Cc1cc(C)c2c(CC(=O)N(C)Cc3csc(CN4CCOCC4)n3)noc2c1. The fraction of sp³-hybridized carbons (Fsp3) is 0.476. The lowest BCUT2D eigenvalue weighted by Gasteiger charge is -2.25. The van der Waals surface area contributed by atoms with Crippen LogP contribution in [-0.4, -0.2) is 59.2 Å². The highest BCUT2D eigenvalue weighted by Gasteiger charge is 2.19. The van der Waals surface area contributed by atoms with Crippen molar-refractivity contribution in [3.63, 3.8) is 0 Å². The summed E-state index contributed by atoms with van der Waals surface area (Å²) in [5, 5.41) is 8.21. The van der Waals surface area contributed by atoms with Gasteiger partial charge in [0.15, 0.2) is 5.58 Å². The third kappa shape index (κ3) is 4.66. The molecule has 0 radical (unpaired) electrons. The zero-order valence-electron chi connectivity index (χ0n) is 17.1. The maximum Gasteiger partial charge on any atom is 0.228 e. The normalized spacial score (nSPS) is 15.1. The Kier molecular flexibility index (Phi) is 5.94. The van der Waals surface area contributed by atoms with Gasteiger partial charge >= 0.3 is 0 Å². The van der Waals surface area contributed by atoms with Gasteiger partial charge in [-0.3, -0.25) is 9.69 Å². The van der Waals surface area contributed by atoms with Gasteiger partial charge in [0.2, 0.25) is 5.91 Å². The van der Waals surface area contributed by atoms with Crippen LogP contribution < -0.4 is 0 Å². The van der Waals surface area contributed by atoms with Crippen LogP contribution in [0.1, 0.15) is 27.5 Å². The van der Waals surface area contributed by atoms with Crippen molar-refractivity contribution in [3.8, 4) is 0 Å². The first kappa shape index (κ1) is 20.0. The number of ether oxygens (including phenoxy) is 1. The summed E-state index contributed by atoms with van der Waals surface area (Å²) in [7, 11) is 1.81. The summed E-state index contributed by atoms with van der Waals surface area (Å²) in [5.41, 5.74) is 4.56. The highest BCUT2D eigenvalue weighted by atomic mass is 32.1. The van der Waals surface area contributed by atoms with Crippen molar-refractivity contribution in [3.05, 3.63) is 45.0 Å². The minimum Gasteiger partial charge on any atom is -0.379 e. The van der Waals surface area contributed by atoms with E-state index in [9.17, 15) is 4.79 Å². The molecule has 2 aromatic heterocycles. The van der Waals surface area contributed by atoms with Gasteiger partial charge in [-0.1, -0.05) is 11.2 Å². The number of rotatable bonds is 6. The Labute approximate surface area is 174 Å². The summed E-state index contributed by atoms with van der Waals surface area (Å²) in [6.45, 7) is 8.83. The number of benzene rings is 1. The van der Waals surface area contributed by atoms with Crippen molar-refractivity contribution < 1.29 is 14.1 Å². The number of hydrogen-bond acceptors (Lipinski definition) is 7. The number of morpholine rings is 1. The van der Waals surface area contributed by atoms with E-state index in [1.807, 2.05) is 32.3 Å².